The molecule has 47 heavy (non-hydrogen) atoms. The van der Waals surface area contributed by atoms with E-state index < -0.39 is 23.7 Å². The van der Waals surface area contributed by atoms with E-state index in [1.807, 2.05) is 140 Å². The maximum absolute atomic E-state index is 15.1. The number of hydrogen-bond donors (Lipinski definition) is 1. The minimum atomic E-state index is -1.76. The highest BCUT2D eigenvalue weighted by molar-refractivity contribution is 6.10. The largest absolute Gasteiger partial charge is 0.497 e. The number of nitrogens with one attached hydrogen (secondary N) is 1. The SMILES string of the molecule is CCOC(=O)C(NC(c1ccccc1)c1ccccc1)[C@]1(OCc2ccc(OC)cc2)C(=O)N(Cc2ccccc2)c2ccccc21. The highest BCUT2D eigenvalue weighted by atomic mass is 16.5. The number of methoxy groups -OCH3 is 1. The summed E-state index contributed by atoms with van der Waals surface area (Å²) < 4.78 is 18.0. The molecule has 0 saturated carbocycles. The van der Waals surface area contributed by atoms with Crippen molar-refractivity contribution in [2.45, 2.75) is 37.8 Å². The highest BCUT2D eigenvalue weighted by Gasteiger charge is 2.60. The van der Waals surface area contributed by atoms with E-state index in [2.05, 4.69) is 5.32 Å². The molecule has 1 unspecified atom stereocenters. The minimum Gasteiger partial charge on any atom is -0.497 e. The summed E-state index contributed by atoms with van der Waals surface area (Å²) in [7, 11) is 1.61. The molecule has 0 saturated heterocycles. The molecule has 0 aromatic heterocycles. The van der Waals surface area contributed by atoms with Gasteiger partial charge in [-0.1, -0.05) is 121 Å². The van der Waals surface area contributed by atoms with Gasteiger partial charge in [0.1, 0.15) is 11.8 Å². The molecule has 7 nitrogen and oxygen atoms in total. The summed E-state index contributed by atoms with van der Waals surface area (Å²) in [6.07, 6.45) is 0. The number of anilines is 1. The van der Waals surface area contributed by atoms with E-state index in [0.717, 1.165) is 22.3 Å². The second kappa shape index (κ2) is 14.5. The number of hydrogen-bond acceptors (Lipinski definition) is 6. The summed E-state index contributed by atoms with van der Waals surface area (Å²) in [5.41, 5.74) is 3.15. The Balaban J connectivity index is 1.51. The zero-order valence-electron chi connectivity index (χ0n) is 26.5. The molecule has 0 bridgehead atoms. The van der Waals surface area contributed by atoms with Crippen molar-refractivity contribution >= 4 is 17.6 Å². The van der Waals surface area contributed by atoms with Crippen LogP contribution in [0.15, 0.2) is 140 Å². The van der Waals surface area contributed by atoms with Crippen LogP contribution in [0.5, 0.6) is 5.75 Å². The fourth-order valence-electron chi connectivity index (χ4n) is 6.21. The highest BCUT2D eigenvalue weighted by Crippen LogP contribution is 2.47. The molecule has 0 spiro atoms. The summed E-state index contributed by atoms with van der Waals surface area (Å²) in [4.78, 5) is 31.2. The summed E-state index contributed by atoms with van der Waals surface area (Å²) in [6.45, 7) is 2.26. The van der Waals surface area contributed by atoms with Gasteiger partial charge in [0.2, 0.25) is 0 Å². The fraction of sp³-hybridized carbons (Fsp3) is 0.200. The molecule has 1 aliphatic rings. The maximum Gasteiger partial charge on any atom is 0.327 e. The van der Waals surface area contributed by atoms with Crippen molar-refractivity contribution in [3.63, 3.8) is 0 Å². The van der Waals surface area contributed by atoms with Crippen molar-refractivity contribution in [3.05, 3.63) is 167 Å². The van der Waals surface area contributed by atoms with Crippen LogP contribution in [0.1, 0.15) is 40.8 Å². The van der Waals surface area contributed by atoms with Gasteiger partial charge in [0.25, 0.3) is 5.91 Å². The summed E-state index contributed by atoms with van der Waals surface area (Å²) in [5.74, 6) is -0.218. The van der Waals surface area contributed by atoms with Gasteiger partial charge in [-0.15, -0.1) is 0 Å². The number of fused-ring (bicyclic) bond motifs is 1. The Labute approximate surface area is 275 Å². The molecule has 1 aliphatic heterocycles. The molecule has 7 heteroatoms. The van der Waals surface area contributed by atoms with Crippen LogP contribution < -0.4 is 15.0 Å². The van der Waals surface area contributed by atoms with Crippen LogP contribution in [0.2, 0.25) is 0 Å². The number of rotatable bonds is 13. The fourth-order valence-corrected chi connectivity index (χ4v) is 6.21. The Morgan fingerprint density at radius 1 is 0.745 bits per heavy atom. The number of para-hydroxylation sites is 1. The van der Waals surface area contributed by atoms with Crippen LogP contribution in [-0.4, -0.2) is 31.6 Å². The van der Waals surface area contributed by atoms with Crippen molar-refractivity contribution < 1.29 is 23.8 Å². The van der Waals surface area contributed by atoms with Gasteiger partial charge in [-0.25, -0.2) is 0 Å². The summed E-state index contributed by atoms with van der Waals surface area (Å²) >= 11 is 0. The normalized spacial score (nSPS) is 16.1. The molecule has 0 fully saturated rings. The van der Waals surface area contributed by atoms with Gasteiger partial charge in [0, 0.05) is 5.56 Å². The number of ether oxygens (including phenoxy) is 3. The van der Waals surface area contributed by atoms with Crippen LogP contribution in [0.25, 0.3) is 0 Å². The second-order valence-electron chi connectivity index (χ2n) is 11.4. The number of benzene rings is 5. The summed E-state index contributed by atoms with van der Waals surface area (Å²) in [5, 5.41) is 3.60. The van der Waals surface area contributed by atoms with Crippen molar-refractivity contribution in [2.75, 3.05) is 18.6 Å². The van der Waals surface area contributed by atoms with Crippen LogP contribution in [0, 0.1) is 0 Å². The molecule has 2 atom stereocenters. The number of carbonyl (C=O) groups excluding carboxylic acids is 2. The predicted molar refractivity (Wildman–Crippen MR) is 182 cm³/mol. The van der Waals surface area contributed by atoms with Crippen LogP contribution >= 0.6 is 0 Å². The monoisotopic (exact) mass is 626 g/mol. The Bertz CT molecular complexity index is 1740. The lowest BCUT2D eigenvalue weighted by Crippen LogP contribution is -2.60. The third kappa shape index (κ3) is 6.54. The molecule has 5 aromatic carbocycles. The first-order chi connectivity index (χ1) is 23.0. The van der Waals surface area contributed by atoms with Gasteiger partial charge in [-0.3, -0.25) is 14.9 Å². The molecule has 1 N–H and O–H groups in total. The van der Waals surface area contributed by atoms with Crippen LogP contribution in [-0.2, 0) is 37.8 Å². The lowest BCUT2D eigenvalue weighted by atomic mass is 9.85. The standard InChI is InChI=1S/C40H38N2O5/c1-3-46-38(43)37(41-36(31-17-9-5-10-18-31)32-19-11-6-12-20-32)40(47-28-30-23-25-33(45-2)26-24-30)34-21-13-14-22-35(34)42(39(40)44)27-29-15-7-4-8-16-29/h4-26,36-37,41H,3,27-28H2,1-2H3/t37?,40-/m0/s1. The van der Waals surface area contributed by atoms with E-state index in [4.69, 9.17) is 14.2 Å². The molecule has 238 valence electrons. The number of esters is 1. The van der Waals surface area contributed by atoms with E-state index in [1.165, 1.54) is 0 Å². The first-order valence-electron chi connectivity index (χ1n) is 15.8. The molecule has 5 aromatic rings. The van der Waals surface area contributed by atoms with Crippen molar-refractivity contribution in [2.24, 2.45) is 0 Å². The van der Waals surface area contributed by atoms with Gasteiger partial charge in [-0.05, 0) is 47.4 Å². The smallest absolute Gasteiger partial charge is 0.327 e. The average molecular weight is 627 g/mol. The second-order valence-corrected chi connectivity index (χ2v) is 11.4. The molecule has 1 heterocycles. The molecule has 0 aliphatic carbocycles. The number of carbonyl (C=O) groups is 2. The van der Waals surface area contributed by atoms with Crippen molar-refractivity contribution in [1.29, 1.82) is 0 Å². The zero-order chi connectivity index (χ0) is 32.6. The Hall–Kier alpha value is -5.24. The van der Waals surface area contributed by atoms with Gasteiger partial charge in [0.05, 0.1) is 38.6 Å². The zero-order valence-corrected chi connectivity index (χ0v) is 26.5. The molecular weight excluding hydrogens is 588 g/mol. The van der Waals surface area contributed by atoms with E-state index in [-0.39, 0.29) is 19.1 Å². The van der Waals surface area contributed by atoms with Crippen LogP contribution in [0.3, 0.4) is 0 Å². The first kappa shape index (κ1) is 31.7. The van der Waals surface area contributed by atoms with Crippen molar-refractivity contribution in [1.82, 2.24) is 5.32 Å². The van der Waals surface area contributed by atoms with Crippen LogP contribution in [0.4, 0.5) is 5.69 Å². The third-order valence-corrected chi connectivity index (χ3v) is 8.49. The van der Waals surface area contributed by atoms with Gasteiger partial charge in [-0.2, -0.15) is 0 Å². The number of amides is 1. The van der Waals surface area contributed by atoms with E-state index in [1.54, 1.807) is 18.9 Å². The van der Waals surface area contributed by atoms with E-state index >= 15 is 4.79 Å². The lowest BCUT2D eigenvalue weighted by Gasteiger charge is -2.38. The van der Waals surface area contributed by atoms with E-state index in [0.29, 0.717) is 23.5 Å². The van der Waals surface area contributed by atoms with Crippen molar-refractivity contribution in [3.8, 4) is 5.75 Å². The first-order valence-corrected chi connectivity index (χ1v) is 15.8. The van der Waals surface area contributed by atoms with Gasteiger partial charge < -0.3 is 19.1 Å². The number of nitrogens with zero attached hydrogens (tertiary/aromatic N) is 1. The third-order valence-electron chi connectivity index (χ3n) is 8.49. The quantitative estimate of drug-likeness (QED) is 0.142. The molecular formula is C40H38N2O5. The topological polar surface area (TPSA) is 77.1 Å². The molecule has 6 rings (SSSR count). The Morgan fingerprint density at radius 2 is 1.32 bits per heavy atom. The Kier molecular flexibility index (Phi) is 9.76. The summed E-state index contributed by atoms with van der Waals surface area (Å²) in [6, 6.07) is 42.9. The van der Waals surface area contributed by atoms with Gasteiger partial charge >= 0.3 is 5.97 Å². The average Bonchev–Trinajstić information content (AvgIpc) is 3.36. The van der Waals surface area contributed by atoms with E-state index in [9.17, 15) is 4.79 Å². The molecule has 1 amide bonds. The van der Waals surface area contributed by atoms with Gasteiger partial charge in [0.15, 0.2) is 5.60 Å². The maximum atomic E-state index is 15.1. The molecule has 0 radical (unpaired) electrons. The predicted octanol–water partition coefficient (Wildman–Crippen LogP) is 6.97. The lowest BCUT2D eigenvalue weighted by molar-refractivity contribution is -0.169. The Morgan fingerprint density at radius 3 is 1.91 bits per heavy atom. The minimum absolute atomic E-state index is 0.0577.